The zero-order chi connectivity index (χ0) is 24.7. The molecule has 180 valence electrons. The van der Waals surface area contributed by atoms with E-state index in [1.165, 1.54) is 26.1 Å². The number of urea groups is 1. The van der Waals surface area contributed by atoms with Crippen LogP contribution in [0.3, 0.4) is 0 Å². The number of carbonyl (C=O) groups is 1. The molecule has 0 spiro atoms. The predicted octanol–water partition coefficient (Wildman–Crippen LogP) is 3.49. The highest BCUT2D eigenvalue weighted by atomic mass is 32.2. The highest BCUT2D eigenvalue weighted by molar-refractivity contribution is 7.93. The van der Waals surface area contributed by atoms with Crippen molar-refractivity contribution in [3.8, 4) is 11.1 Å². The van der Waals surface area contributed by atoms with Crippen LogP contribution in [-0.2, 0) is 35.0 Å². The standard InChI is InChI=1S/C22H24FN5O4S2/c1-22(2,31)20-26-17(11-29)19(33-20)34(24,32)28-21(30)27-18-13-5-3-4-12(13)6-7-15(18)14-8-9-25-10-16(14)23/h6-10,29,31H,3-5,11H2,1-2H3,(H3,24,27,28,30,32). The Bertz CT molecular complexity index is 1390. The molecule has 0 bridgehead atoms. The maximum Gasteiger partial charge on any atom is 0.354 e. The molecular formula is C22H24FN5O4S2. The first kappa shape index (κ1) is 24.4. The van der Waals surface area contributed by atoms with Gasteiger partial charge in [-0.15, -0.1) is 15.7 Å². The molecule has 1 aromatic carbocycles. The Hall–Kier alpha value is -2.77. The number of nitrogens with one attached hydrogen (secondary N) is 1. The molecule has 1 aliphatic carbocycles. The van der Waals surface area contributed by atoms with Crippen LogP contribution in [0.5, 0.6) is 0 Å². The van der Waals surface area contributed by atoms with E-state index in [9.17, 15) is 23.6 Å². The summed E-state index contributed by atoms with van der Waals surface area (Å²) in [5.74, 6) is -0.549. The number of pyridine rings is 1. The Kier molecular flexibility index (Phi) is 6.53. The second-order valence-corrected chi connectivity index (χ2v) is 11.4. The number of aliphatic hydroxyl groups is 2. The van der Waals surface area contributed by atoms with Crippen molar-refractivity contribution in [3.63, 3.8) is 0 Å². The van der Waals surface area contributed by atoms with Crippen LogP contribution in [0.25, 0.3) is 11.1 Å². The van der Waals surface area contributed by atoms with E-state index in [-0.39, 0.29) is 20.5 Å². The molecule has 34 heavy (non-hydrogen) atoms. The van der Waals surface area contributed by atoms with Crippen molar-refractivity contribution in [2.75, 3.05) is 5.32 Å². The number of benzene rings is 1. The third-order valence-electron chi connectivity index (χ3n) is 5.40. The average Bonchev–Trinajstić information content (AvgIpc) is 3.41. The van der Waals surface area contributed by atoms with Crippen molar-refractivity contribution in [2.24, 2.45) is 9.50 Å². The molecule has 0 saturated heterocycles. The maximum absolute atomic E-state index is 14.5. The van der Waals surface area contributed by atoms with E-state index in [0.717, 1.165) is 41.5 Å². The number of anilines is 1. The molecular weight excluding hydrogens is 481 g/mol. The topological polar surface area (TPSA) is 151 Å². The minimum Gasteiger partial charge on any atom is -0.390 e. The van der Waals surface area contributed by atoms with Crippen LogP contribution >= 0.6 is 11.3 Å². The minimum absolute atomic E-state index is 0.0219. The smallest absolute Gasteiger partial charge is 0.354 e. The SMILES string of the molecule is CC(C)(O)c1nc(CO)c(S(N)(=O)=NC(=O)Nc2c(-c3ccncc3F)ccc3c2CCC3)s1. The lowest BCUT2D eigenvalue weighted by Gasteiger charge is -2.15. The van der Waals surface area contributed by atoms with Crippen LogP contribution in [0.1, 0.15) is 42.1 Å². The zero-order valence-electron chi connectivity index (χ0n) is 18.5. The molecule has 2 amide bonds. The van der Waals surface area contributed by atoms with E-state index in [0.29, 0.717) is 17.7 Å². The van der Waals surface area contributed by atoms with E-state index in [1.807, 2.05) is 6.07 Å². The summed E-state index contributed by atoms with van der Waals surface area (Å²) in [5, 5.41) is 28.6. The fourth-order valence-electron chi connectivity index (χ4n) is 3.85. The molecule has 1 atom stereocenters. The lowest BCUT2D eigenvalue weighted by atomic mass is 9.97. The highest BCUT2D eigenvalue weighted by Crippen LogP contribution is 2.38. The van der Waals surface area contributed by atoms with Crippen molar-refractivity contribution in [1.29, 1.82) is 0 Å². The molecule has 12 heteroatoms. The van der Waals surface area contributed by atoms with Crippen LogP contribution in [0.2, 0.25) is 0 Å². The lowest BCUT2D eigenvalue weighted by Crippen LogP contribution is -2.19. The maximum atomic E-state index is 14.5. The summed E-state index contributed by atoms with van der Waals surface area (Å²) in [6.45, 7) is 2.37. The number of aliphatic hydroxyl groups excluding tert-OH is 1. The van der Waals surface area contributed by atoms with Gasteiger partial charge in [-0.3, -0.25) is 4.98 Å². The number of carbonyl (C=O) groups excluding carboxylic acids is 1. The zero-order valence-corrected chi connectivity index (χ0v) is 20.2. The molecule has 9 nitrogen and oxygen atoms in total. The van der Waals surface area contributed by atoms with Gasteiger partial charge in [0.15, 0.2) is 9.92 Å². The fraction of sp³-hybridized carbons (Fsp3) is 0.318. The number of nitrogens with zero attached hydrogens (tertiary/aromatic N) is 3. The van der Waals surface area contributed by atoms with E-state index >= 15 is 0 Å². The van der Waals surface area contributed by atoms with Crippen LogP contribution in [0.15, 0.2) is 39.2 Å². The van der Waals surface area contributed by atoms with Gasteiger partial charge in [0.25, 0.3) is 0 Å². The van der Waals surface area contributed by atoms with Gasteiger partial charge in [0.2, 0.25) is 0 Å². The van der Waals surface area contributed by atoms with E-state index in [4.69, 9.17) is 5.14 Å². The van der Waals surface area contributed by atoms with E-state index < -0.39 is 34.0 Å². The summed E-state index contributed by atoms with van der Waals surface area (Å²) in [6, 6.07) is 4.15. The van der Waals surface area contributed by atoms with Crippen LogP contribution in [0, 0.1) is 5.82 Å². The third-order valence-corrected chi connectivity index (χ3v) is 8.77. The molecule has 1 unspecified atom stereocenters. The van der Waals surface area contributed by atoms with Crippen molar-refractivity contribution in [2.45, 2.75) is 49.5 Å². The van der Waals surface area contributed by atoms with Gasteiger partial charge in [-0.25, -0.2) is 23.5 Å². The van der Waals surface area contributed by atoms with Crippen LogP contribution in [-0.4, -0.2) is 30.4 Å². The number of thiazole rings is 1. The van der Waals surface area contributed by atoms with Gasteiger partial charge in [-0.1, -0.05) is 12.1 Å². The van der Waals surface area contributed by atoms with E-state index in [2.05, 4.69) is 19.6 Å². The van der Waals surface area contributed by atoms with Crippen molar-refractivity contribution >= 4 is 33.0 Å². The van der Waals surface area contributed by atoms with Gasteiger partial charge in [0, 0.05) is 17.3 Å². The number of aryl methyl sites for hydroxylation is 1. The molecule has 1 aliphatic rings. The molecule has 0 radical (unpaired) electrons. The lowest BCUT2D eigenvalue weighted by molar-refractivity contribution is 0.0779. The Morgan fingerprint density at radius 3 is 2.76 bits per heavy atom. The van der Waals surface area contributed by atoms with Crippen molar-refractivity contribution < 1.29 is 23.6 Å². The number of nitrogens with two attached hydrogens (primary N) is 1. The molecule has 2 aromatic heterocycles. The number of amides is 2. The second kappa shape index (κ2) is 9.12. The largest absolute Gasteiger partial charge is 0.390 e. The average molecular weight is 506 g/mol. The Morgan fingerprint density at radius 2 is 2.09 bits per heavy atom. The van der Waals surface area contributed by atoms with Crippen molar-refractivity contribution in [1.82, 2.24) is 9.97 Å². The van der Waals surface area contributed by atoms with Crippen molar-refractivity contribution in [3.05, 3.63) is 58.2 Å². The molecule has 5 N–H and O–H groups in total. The number of rotatable bonds is 5. The number of hydrogen-bond donors (Lipinski definition) is 4. The summed E-state index contributed by atoms with van der Waals surface area (Å²) in [7, 11) is -3.80. The minimum atomic E-state index is -3.80. The molecule has 0 aliphatic heterocycles. The van der Waals surface area contributed by atoms with E-state index in [1.54, 1.807) is 6.07 Å². The quantitative estimate of drug-likeness (QED) is 0.417. The van der Waals surface area contributed by atoms with Gasteiger partial charge in [0.1, 0.15) is 20.6 Å². The highest BCUT2D eigenvalue weighted by Gasteiger charge is 2.28. The van der Waals surface area contributed by atoms with Gasteiger partial charge in [-0.2, -0.15) is 0 Å². The first-order valence-corrected chi connectivity index (χ1v) is 12.8. The first-order chi connectivity index (χ1) is 16.0. The molecule has 0 saturated carbocycles. The summed E-state index contributed by atoms with van der Waals surface area (Å²) < 4.78 is 31.3. The summed E-state index contributed by atoms with van der Waals surface area (Å²) in [5.41, 5.74) is 1.60. The number of halogens is 1. The van der Waals surface area contributed by atoms with Crippen LogP contribution in [0.4, 0.5) is 14.9 Å². The Labute approximate surface area is 200 Å². The first-order valence-electron chi connectivity index (χ1n) is 10.4. The number of fused-ring (bicyclic) bond motifs is 1. The Balaban J connectivity index is 1.76. The molecule has 2 heterocycles. The Morgan fingerprint density at radius 1 is 1.32 bits per heavy atom. The van der Waals surface area contributed by atoms with Gasteiger partial charge in [0.05, 0.1) is 24.2 Å². The molecule has 4 rings (SSSR count). The molecule has 0 fully saturated rings. The van der Waals surface area contributed by atoms with Gasteiger partial charge >= 0.3 is 6.03 Å². The summed E-state index contributed by atoms with van der Waals surface area (Å²) >= 11 is 0.816. The molecule has 3 aromatic rings. The normalized spacial score (nSPS) is 15.0. The fourth-order valence-corrected chi connectivity index (χ4v) is 6.31. The van der Waals surface area contributed by atoms with Crippen LogP contribution < -0.4 is 10.5 Å². The van der Waals surface area contributed by atoms with Gasteiger partial charge in [-0.05, 0) is 50.3 Å². The summed E-state index contributed by atoms with van der Waals surface area (Å²) in [4.78, 5) is 20.8. The number of hydrogen-bond acceptors (Lipinski definition) is 7. The monoisotopic (exact) mass is 505 g/mol. The predicted molar refractivity (Wildman–Crippen MR) is 127 cm³/mol. The van der Waals surface area contributed by atoms with Gasteiger partial charge < -0.3 is 15.5 Å². The second-order valence-electron chi connectivity index (χ2n) is 8.40. The summed E-state index contributed by atoms with van der Waals surface area (Å²) in [6.07, 6.45) is 4.93. The number of aromatic nitrogens is 2. The third kappa shape index (κ3) is 4.72.